The van der Waals surface area contributed by atoms with E-state index in [0.29, 0.717) is 6.10 Å². The predicted molar refractivity (Wildman–Crippen MR) is 74.7 cm³/mol. The number of hydrogen-bond acceptors (Lipinski definition) is 3. The molecule has 1 heterocycles. The molecule has 18 heavy (non-hydrogen) atoms. The Balaban J connectivity index is 1.83. The Kier molecular flexibility index (Phi) is 4.55. The van der Waals surface area contributed by atoms with Crippen LogP contribution in [0.25, 0.3) is 0 Å². The first-order valence-electron chi connectivity index (χ1n) is 7.30. The van der Waals surface area contributed by atoms with E-state index in [4.69, 9.17) is 4.74 Å². The SMILES string of the molecule is CC(C)[C@@H]1CC[C@@H](C)C[C@H]1OCN1C=CN(C)C1. The molecule has 3 atom stereocenters. The molecule has 1 saturated carbocycles. The lowest BCUT2D eigenvalue weighted by Crippen LogP contribution is -2.37. The van der Waals surface area contributed by atoms with Crippen LogP contribution in [0.3, 0.4) is 0 Å². The summed E-state index contributed by atoms with van der Waals surface area (Å²) in [6.07, 6.45) is 8.61. The van der Waals surface area contributed by atoms with E-state index < -0.39 is 0 Å². The van der Waals surface area contributed by atoms with Crippen molar-refractivity contribution in [2.75, 3.05) is 20.4 Å². The molecular weight excluding hydrogens is 224 g/mol. The van der Waals surface area contributed by atoms with E-state index in [2.05, 4.69) is 50.0 Å². The van der Waals surface area contributed by atoms with E-state index in [9.17, 15) is 0 Å². The smallest absolute Gasteiger partial charge is 0.120 e. The van der Waals surface area contributed by atoms with E-state index in [1.807, 2.05) is 0 Å². The third-order valence-electron chi connectivity index (χ3n) is 4.35. The Hall–Kier alpha value is -0.700. The van der Waals surface area contributed by atoms with E-state index >= 15 is 0 Å². The second-order valence-electron chi connectivity index (χ2n) is 6.45. The van der Waals surface area contributed by atoms with Crippen LogP contribution in [-0.4, -0.2) is 36.4 Å². The second kappa shape index (κ2) is 5.96. The van der Waals surface area contributed by atoms with Gasteiger partial charge in [-0.15, -0.1) is 0 Å². The molecule has 3 nitrogen and oxygen atoms in total. The fourth-order valence-corrected chi connectivity index (χ4v) is 3.17. The number of nitrogens with zero attached hydrogens (tertiary/aromatic N) is 2. The fraction of sp³-hybridized carbons (Fsp3) is 0.867. The topological polar surface area (TPSA) is 15.7 Å². The van der Waals surface area contributed by atoms with Gasteiger partial charge in [0, 0.05) is 19.4 Å². The summed E-state index contributed by atoms with van der Waals surface area (Å²) in [5.41, 5.74) is 0. The molecule has 0 unspecified atom stereocenters. The Morgan fingerprint density at radius 1 is 1.28 bits per heavy atom. The molecule has 1 aliphatic heterocycles. The van der Waals surface area contributed by atoms with Crippen molar-refractivity contribution in [3.05, 3.63) is 12.4 Å². The molecule has 0 N–H and O–H groups in total. The summed E-state index contributed by atoms with van der Waals surface area (Å²) < 4.78 is 6.21. The van der Waals surface area contributed by atoms with Crippen molar-refractivity contribution < 1.29 is 4.74 Å². The van der Waals surface area contributed by atoms with Crippen LogP contribution in [0.2, 0.25) is 0 Å². The molecular formula is C15H28N2O. The van der Waals surface area contributed by atoms with Crippen molar-refractivity contribution in [2.24, 2.45) is 17.8 Å². The zero-order valence-electron chi connectivity index (χ0n) is 12.3. The average molecular weight is 252 g/mol. The molecule has 1 aliphatic carbocycles. The molecule has 0 spiro atoms. The van der Waals surface area contributed by atoms with Crippen LogP contribution in [-0.2, 0) is 4.74 Å². The van der Waals surface area contributed by atoms with Gasteiger partial charge in [0.25, 0.3) is 0 Å². The van der Waals surface area contributed by atoms with E-state index in [-0.39, 0.29) is 0 Å². The lowest BCUT2D eigenvalue weighted by atomic mass is 9.75. The highest BCUT2D eigenvalue weighted by atomic mass is 16.5. The van der Waals surface area contributed by atoms with Crippen LogP contribution in [0.15, 0.2) is 12.4 Å². The minimum Gasteiger partial charge on any atom is -0.362 e. The van der Waals surface area contributed by atoms with Crippen molar-refractivity contribution in [2.45, 2.75) is 46.1 Å². The molecule has 0 aromatic rings. The summed E-state index contributed by atoms with van der Waals surface area (Å²) in [5.74, 6) is 2.30. The van der Waals surface area contributed by atoms with Gasteiger partial charge in [0.05, 0.1) is 12.8 Å². The first kappa shape index (κ1) is 13.7. The van der Waals surface area contributed by atoms with Gasteiger partial charge < -0.3 is 14.5 Å². The maximum atomic E-state index is 6.21. The summed E-state index contributed by atoms with van der Waals surface area (Å²) in [5, 5.41) is 0. The highest BCUT2D eigenvalue weighted by Gasteiger charge is 2.31. The molecule has 2 aliphatic rings. The van der Waals surface area contributed by atoms with Gasteiger partial charge in [0.1, 0.15) is 6.73 Å². The molecule has 0 radical (unpaired) electrons. The normalized spacial score (nSPS) is 32.6. The molecule has 0 aromatic heterocycles. The quantitative estimate of drug-likeness (QED) is 0.764. The van der Waals surface area contributed by atoms with Crippen molar-refractivity contribution in [3.8, 4) is 0 Å². The molecule has 0 saturated heterocycles. The minimum absolute atomic E-state index is 0.452. The van der Waals surface area contributed by atoms with Crippen LogP contribution in [0, 0.1) is 17.8 Å². The van der Waals surface area contributed by atoms with Crippen LogP contribution in [0.1, 0.15) is 40.0 Å². The van der Waals surface area contributed by atoms with Gasteiger partial charge in [-0.2, -0.15) is 0 Å². The number of rotatable bonds is 4. The van der Waals surface area contributed by atoms with Crippen molar-refractivity contribution in [1.82, 2.24) is 9.80 Å². The summed E-state index contributed by atoms with van der Waals surface area (Å²) in [4.78, 5) is 4.41. The largest absolute Gasteiger partial charge is 0.362 e. The van der Waals surface area contributed by atoms with Gasteiger partial charge in [0.2, 0.25) is 0 Å². The van der Waals surface area contributed by atoms with Gasteiger partial charge >= 0.3 is 0 Å². The molecule has 2 rings (SSSR count). The molecule has 1 fully saturated rings. The summed E-state index contributed by atoms with van der Waals surface area (Å²) in [6.45, 7) is 8.72. The Morgan fingerprint density at radius 2 is 2.06 bits per heavy atom. The first-order chi connectivity index (χ1) is 8.56. The van der Waals surface area contributed by atoms with Gasteiger partial charge in [-0.25, -0.2) is 0 Å². The molecule has 104 valence electrons. The van der Waals surface area contributed by atoms with Crippen LogP contribution >= 0.6 is 0 Å². The molecule has 0 amide bonds. The number of ether oxygens (including phenoxy) is 1. The van der Waals surface area contributed by atoms with E-state index in [1.54, 1.807) is 0 Å². The average Bonchev–Trinajstić information content (AvgIpc) is 2.72. The van der Waals surface area contributed by atoms with Crippen LogP contribution in [0.5, 0.6) is 0 Å². The van der Waals surface area contributed by atoms with Crippen molar-refractivity contribution in [1.29, 1.82) is 0 Å². The Morgan fingerprint density at radius 3 is 2.67 bits per heavy atom. The summed E-state index contributed by atoms with van der Waals surface area (Å²) >= 11 is 0. The first-order valence-corrected chi connectivity index (χ1v) is 7.30. The Bertz CT molecular complexity index is 290. The number of hydrogen-bond donors (Lipinski definition) is 0. The molecule has 0 aromatic carbocycles. The van der Waals surface area contributed by atoms with E-state index in [1.165, 1.54) is 19.3 Å². The summed E-state index contributed by atoms with van der Waals surface area (Å²) in [6, 6.07) is 0. The van der Waals surface area contributed by atoms with Gasteiger partial charge in [-0.1, -0.05) is 27.2 Å². The van der Waals surface area contributed by atoms with Crippen molar-refractivity contribution >= 4 is 0 Å². The standard InChI is InChI=1S/C15H28N2O/c1-12(2)14-6-5-13(3)9-15(14)18-11-17-8-7-16(4)10-17/h7-8,12-15H,5-6,9-11H2,1-4H3/t13-,14+,15-/m1/s1. The third-order valence-corrected chi connectivity index (χ3v) is 4.35. The maximum absolute atomic E-state index is 6.21. The third kappa shape index (κ3) is 3.41. The highest BCUT2D eigenvalue weighted by molar-refractivity contribution is 4.88. The maximum Gasteiger partial charge on any atom is 0.120 e. The minimum atomic E-state index is 0.452. The van der Waals surface area contributed by atoms with Crippen molar-refractivity contribution in [3.63, 3.8) is 0 Å². The van der Waals surface area contributed by atoms with Gasteiger partial charge in [-0.3, -0.25) is 0 Å². The zero-order valence-corrected chi connectivity index (χ0v) is 12.3. The molecule has 3 heteroatoms. The fourth-order valence-electron chi connectivity index (χ4n) is 3.17. The van der Waals surface area contributed by atoms with E-state index in [0.717, 1.165) is 31.2 Å². The van der Waals surface area contributed by atoms with Gasteiger partial charge in [-0.05, 0) is 30.6 Å². The predicted octanol–water partition coefficient (Wildman–Crippen LogP) is 3.10. The monoisotopic (exact) mass is 252 g/mol. The summed E-state index contributed by atoms with van der Waals surface area (Å²) in [7, 11) is 2.09. The highest BCUT2D eigenvalue weighted by Crippen LogP contribution is 2.35. The lowest BCUT2D eigenvalue weighted by Gasteiger charge is -2.37. The second-order valence-corrected chi connectivity index (χ2v) is 6.45. The molecule has 0 bridgehead atoms. The Labute approximate surface area is 112 Å². The zero-order chi connectivity index (χ0) is 13.1. The van der Waals surface area contributed by atoms with Crippen LogP contribution < -0.4 is 0 Å². The van der Waals surface area contributed by atoms with Crippen LogP contribution in [0.4, 0.5) is 0 Å². The lowest BCUT2D eigenvalue weighted by molar-refractivity contribution is -0.0730. The van der Waals surface area contributed by atoms with Gasteiger partial charge in [0.15, 0.2) is 0 Å².